The number of aryl methyl sites for hydroxylation is 2. The van der Waals surface area contributed by atoms with Crippen LogP contribution in [0.4, 0.5) is 5.69 Å². The molecule has 3 aromatic rings. The number of ether oxygens (including phenoxy) is 1. The lowest BCUT2D eigenvalue weighted by molar-refractivity contribution is 0.102. The van der Waals surface area contributed by atoms with E-state index in [1.54, 1.807) is 0 Å². The van der Waals surface area contributed by atoms with Crippen molar-refractivity contribution in [2.45, 2.75) is 46.5 Å². The highest BCUT2D eigenvalue weighted by Crippen LogP contribution is 2.20. The third-order valence-corrected chi connectivity index (χ3v) is 4.43. The Morgan fingerprint density at radius 2 is 1.93 bits per heavy atom. The highest BCUT2D eigenvalue weighted by Gasteiger charge is 2.19. The predicted molar refractivity (Wildman–Crippen MR) is 109 cm³/mol. The van der Waals surface area contributed by atoms with E-state index in [1.165, 1.54) is 0 Å². The first-order valence-electron chi connectivity index (χ1n) is 9.64. The minimum absolute atomic E-state index is 0.144. The number of carbonyl (C=O) groups excluding carboxylic acids is 1. The van der Waals surface area contributed by atoms with Gasteiger partial charge < -0.3 is 10.1 Å². The number of pyridine rings is 1. The van der Waals surface area contributed by atoms with Crippen LogP contribution < -0.4 is 10.1 Å². The number of fused-ring (bicyclic) bond motifs is 1. The van der Waals surface area contributed by atoms with Gasteiger partial charge in [0.2, 0.25) is 0 Å². The number of hydrogen-bond donors (Lipinski definition) is 1. The Hall–Kier alpha value is -2.82. The van der Waals surface area contributed by atoms with Crippen molar-refractivity contribution in [2.75, 3.05) is 11.9 Å². The number of aromatic nitrogens is 2. The highest BCUT2D eigenvalue weighted by molar-refractivity contribution is 6.04. The molecule has 0 radical (unpaired) electrons. The number of rotatable bonds is 8. The van der Waals surface area contributed by atoms with Crippen LogP contribution in [0.3, 0.4) is 0 Å². The summed E-state index contributed by atoms with van der Waals surface area (Å²) >= 11 is 0. The summed E-state index contributed by atoms with van der Waals surface area (Å²) in [5.41, 5.74) is 4.12. The molecule has 5 nitrogen and oxygen atoms in total. The van der Waals surface area contributed by atoms with Crippen LogP contribution in [0, 0.1) is 6.92 Å². The zero-order chi connectivity index (χ0) is 19.2. The minimum atomic E-state index is -0.144. The van der Waals surface area contributed by atoms with Crippen molar-refractivity contribution in [3.05, 3.63) is 59.5 Å². The number of hydrogen-bond acceptors (Lipinski definition) is 3. The van der Waals surface area contributed by atoms with E-state index in [0.29, 0.717) is 12.3 Å². The van der Waals surface area contributed by atoms with Crippen molar-refractivity contribution >= 4 is 17.2 Å². The van der Waals surface area contributed by atoms with Gasteiger partial charge in [-0.3, -0.25) is 9.20 Å². The number of nitrogens with one attached hydrogen (secondary N) is 1. The first kappa shape index (κ1) is 19.0. The van der Waals surface area contributed by atoms with Crippen molar-refractivity contribution in [3.63, 3.8) is 0 Å². The average Bonchev–Trinajstić information content (AvgIpc) is 3.00. The predicted octanol–water partition coefficient (Wildman–Crippen LogP) is 5.03. The molecule has 0 unspecified atom stereocenters. The van der Waals surface area contributed by atoms with Crippen molar-refractivity contribution in [2.24, 2.45) is 0 Å². The fraction of sp³-hybridized carbons (Fsp3) is 0.364. The van der Waals surface area contributed by atoms with E-state index >= 15 is 0 Å². The summed E-state index contributed by atoms with van der Waals surface area (Å²) in [5, 5.41) is 2.99. The third kappa shape index (κ3) is 4.48. The van der Waals surface area contributed by atoms with E-state index in [9.17, 15) is 4.79 Å². The summed E-state index contributed by atoms with van der Waals surface area (Å²) in [6.45, 7) is 6.96. The van der Waals surface area contributed by atoms with Crippen LogP contribution in [-0.2, 0) is 6.42 Å². The molecule has 142 valence electrons. The van der Waals surface area contributed by atoms with Crippen LogP contribution in [0.2, 0.25) is 0 Å². The summed E-state index contributed by atoms with van der Waals surface area (Å²) < 4.78 is 7.54. The Morgan fingerprint density at radius 3 is 2.63 bits per heavy atom. The standard InChI is InChI=1S/C22H27N3O2/c1-4-6-14-27-18-10-8-17(9-11-18)23-22(26)21-19(7-5-2)24-20-15-16(3)12-13-25(20)21/h8-13,15H,4-7,14H2,1-3H3,(H,23,26). The maximum Gasteiger partial charge on any atom is 0.274 e. The number of benzene rings is 1. The Bertz CT molecular complexity index is 913. The van der Waals surface area contributed by atoms with E-state index in [1.807, 2.05) is 53.9 Å². The largest absolute Gasteiger partial charge is 0.494 e. The lowest BCUT2D eigenvalue weighted by Gasteiger charge is -2.09. The van der Waals surface area contributed by atoms with E-state index < -0.39 is 0 Å². The first-order chi connectivity index (χ1) is 13.1. The first-order valence-corrected chi connectivity index (χ1v) is 9.64. The van der Waals surface area contributed by atoms with Gasteiger partial charge >= 0.3 is 0 Å². The second kappa shape index (κ2) is 8.71. The zero-order valence-corrected chi connectivity index (χ0v) is 16.3. The summed E-state index contributed by atoms with van der Waals surface area (Å²) in [6, 6.07) is 11.5. The number of anilines is 1. The number of nitrogens with zero attached hydrogens (tertiary/aromatic N) is 2. The van der Waals surface area contributed by atoms with Gasteiger partial charge in [-0.1, -0.05) is 26.7 Å². The van der Waals surface area contributed by atoms with Crippen LogP contribution in [0.5, 0.6) is 5.75 Å². The zero-order valence-electron chi connectivity index (χ0n) is 16.3. The second-order valence-electron chi connectivity index (χ2n) is 6.77. The summed E-state index contributed by atoms with van der Waals surface area (Å²) in [7, 11) is 0. The maximum absolute atomic E-state index is 13.0. The second-order valence-corrected chi connectivity index (χ2v) is 6.77. The maximum atomic E-state index is 13.0. The fourth-order valence-electron chi connectivity index (χ4n) is 3.01. The Balaban J connectivity index is 1.80. The molecule has 0 aliphatic heterocycles. The molecular formula is C22H27N3O2. The molecule has 0 saturated carbocycles. The summed E-state index contributed by atoms with van der Waals surface area (Å²) in [5.74, 6) is 0.674. The molecular weight excluding hydrogens is 338 g/mol. The Kier molecular flexibility index (Phi) is 6.12. The van der Waals surface area contributed by atoms with E-state index in [0.717, 1.165) is 54.0 Å². The number of amides is 1. The van der Waals surface area contributed by atoms with Gasteiger partial charge in [0.05, 0.1) is 12.3 Å². The van der Waals surface area contributed by atoms with Gasteiger partial charge in [-0.05, 0) is 61.7 Å². The van der Waals surface area contributed by atoms with E-state index in [4.69, 9.17) is 4.74 Å². The fourth-order valence-corrected chi connectivity index (χ4v) is 3.01. The van der Waals surface area contributed by atoms with Crippen molar-refractivity contribution in [1.29, 1.82) is 0 Å². The van der Waals surface area contributed by atoms with Crippen LogP contribution in [0.1, 0.15) is 54.9 Å². The molecule has 0 aliphatic rings. The molecule has 1 aromatic carbocycles. The number of carbonyl (C=O) groups is 1. The van der Waals surface area contributed by atoms with Gasteiger partial charge in [0.1, 0.15) is 17.1 Å². The summed E-state index contributed by atoms with van der Waals surface area (Å²) in [4.78, 5) is 17.6. The average molecular weight is 365 g/mol. The van der Waals surface area contributed by atoms with Crippen LogP contribution in [-0.4, -0.2) is 21.9 Å². The molecule has 5 heteroatoms. The van der Waals surface area contributed by atoms with Gasteiger partial charge in [0, 0.05) is 11.9 Å². The molecule has 0 atom stereocenters. The van der Waals surface area contributed by atoms with Crippen LogP contribution >= 0.6 is 0 Å². The Morgan fingerprint density at radius 1 is 1.15 bits per heavy atom. The van der Waals surface area contributed by atoms with Gasteiger partial charge in [0.15, 0.2) is 0 Å². The molecule has 1 amide bonds. The number of unbranched alkanes of at least 4 members (excludes halogenated alkanes) is 1. The summed E-state index contributed by atoms with van der Waals surface area (Å²) in [6.07, 6.45) is 5.76. The molecule has 0 saturated heterocycles. The van der Waals surface area contributed by atoms with Gasteiger partial charge in [-0.2, -0.15) is 0 Å². The molecule has 0 spiro atoms. The normalized spacial score (nSPS) is 10.9. The lowest BCUT2D eigenvalue weighted by atomic mass is 10.2. The molecule has 0 fully saturated rings. The molecule has 3 rings (SSSR count). The molecule has 27 heavy (non-hydrogen) atoms. The quantitative estimate of drug-likeness (QED) is 0.570. The molecule has 2 heterocycles. The minimum Gasteiger partial charge on any atom is -0.494 e. The lowest BCUT2D eigenvalue weighted by Crippen LogP contribution is -2.16. The molecule has 0 aliphatic carbocycles. The molecule has 0 bridgehead atoms. The van der Waals surface area contributed by atoms with Gasteiger partial charge in [-0.15, -0.1) is 0 Å². The van der Waals surface area contributed by atoms with Crippen molar-refractivity contribution < 1.29 is 9.53 Å². The van der Waals surface area contributed by atoms with Crippen molar-refractivity contribution in [1.82, 2.24) is 9.38 Å². The van der Waals surface area contributed by atoms with Crippen LogP contribution in [0.25, 0.3) is 5.65 Å². The SMILES string of the molecule is CCCCOc1ccc(NC(=O)c2c(CCC)nc3cc(C)ccn23)cc1. The number of imidazole rings is 1. The smallest absolute Gasteiger partial charge is 0.274 e. The topological polar surface area (TPSA) is 55.6 Å². The van der Waals surface area contributed by atoms with Gasteiger partial charge in [0.25, 0.3) is 5.91 Å². The molecule has 2 aromatic heterocycles. The highest BCUT2D eigenvalue weighted by atomic mass is 16.5. The van der Waals surface area contributed by atoms with E-state index in [-0.39, 0.29) is 5.91 Å². The van der Waals surface area contributed by atoms with Gasteiger partial charge in [-0.25, -0.2) is 4.98 Å². The van der Waals surface area contributed by atoms with E-state index in [2.05, 4.69) is 24.1 Å². The monoisotopic (exact) mass is 365 g/mol. The van der Waals surface area contributed by atoms with Crippen molar-refractivity contribution in [3.8, 4) is 5.75 Å². The Labute approximate surface area is 160 Å². The van der Waals surface area contributed by atoms with Crippen LogP contribution in [0.15, 0.2) is 42.6 Å². The third-order valence-electron chi connectivity index (χ3n) is 4.43. The molecule has 1 N–H and O–H groups in total.